The number of methoxy groups -OCH3 is 1. The summed E-state index contributed by atoms with van der Waals surface area (Å²) in [5, 5.41) is 11.4. The van der Waals surface area contributed by atoms with Crippen LogP contribution in [0.5, 0.6) is 0 Å². The van der Waals surface area contributed by atoms with Gasteiger partial charge in [0.1, 0.15) is 6.04 Å². The molecule has 0 bridgehead atoms. The van der Waals surface area contributed by atoms with Gasteiger partial charge in [-0.25, -0.2) is 9.59 Å². The van der Waals surface area contributed by atoms with Crippen molar-refractivity contribution in [2.24, 2.45) is 0 Å². The number of esters is 1. The van der Waals surface area contributed by atoms with E-state index in [1.165, 1.54) is 31.4 Å². The van der Waals surface area contributed by atoms with Crippen molar-refractivity contribution in [1.82, 2.24) is 5.32 Å². The lowest BCUT2D eigenvalue weighted by Gasteiger charge is -2.14. The quantitative estimate of drug-likeness (QED) is 0.543. The predicted octanol–water partition coefficient (Wildman–Crippen LogP) is 0.586. The summed E-state index contributed by atoms with van der Waals surface area (Å²) in [7, 11) is 1.19. The molecule has 6 nitrogen and oxygen atoms in total. The summed E-state index contributed by atoms with van der Waals surface area (Å²) in [5.74, 6) is -2.47. The highest BCUT2D eigenvalue weighted by molar-refractivity contribution is 7.80. The molecule has 2 N–H and O–H groups in total. The van der Waals surface area contributed by atoms with Crippen molar-refractivity contribution in [2.75, 3.05) is 12.9 Å². The molecule has 0 heterocycles. The highest BCUT2D eigenvalue weighted by Gasteiger charge is 2.23. The topological polar surface area (TPSA) is 92.7 Å². The molecule has 0 aliphatic heterocycles. The monoisotopic (exact) mass is 283 g/mol. The van der Waals surface area contributed by atoms with Crippen molar-refractivity contribution in [3.05, 3.63) is 35.4 Å². The molecule has 1 atom stereocenters. The van der Waals surface area contributed by atoms with E-state index in [2.05, 4.69) is 22.7 Å². The van der Waals surface area contributed by atoms with Crippen LogP contribution in [0.15, 0.2) is 24.3 Å². The van der Waals surface area contributed by atoms with Gasteiger partial charge in [0.25, 0.3) is 5.91 Å². The number of carbonyl (C=O) groups excluding carboxylic acids is 2. The Balaban J connectivity index is 2.95. The van der Waals surface area contributed by atoms with Gasteiger partial charge < -0.3 is 15.2 Å². The molecule has 7 heteroatoms. The number of carbonyl (C=O) groups is 3. The van der Waals surface area contributed by atoms with Crippen LogP contribution in [0.1, 0.15) is 20.7 Å². The molecule has 1 aromatic rings. The minimum Gasteiger partial charge on any atom is -0.478 e. The molecule has 1 rings (SSSR count). The van der Waals surface area contributed by atoms with Gasteiger partial charge in [-0.3, -0.25) is 4.79 Å². The van der Waals surface area contributed by atoms with E-state index in [1.54, 1.807) is 0 Å². The number of aromatic carboxylic acids is 1. The van der Waals surface area contributed by atoms with Crippen LogP contribution in [-0.4, -0.2) is 41.9 Å². The number of nitrogens with one attached hydrogen (secondary N) is 1. The molecule has 0 fully saturated rings. The maximum absolute atomic E-state index is 11.9. The maximum Gasteiger partial charge on any atom is 0.336 e. The van der Waals surface area contributed by atoms with Crippen molar-refractivity contribution in [2.45, 2.75) is 6.04 Å². The summed E-state index contributed by atoms with van der Waals surface area (Å²) < 4.78 is 4.50. The third-order valence-corrected chi connectivity index (χ3v) is 2.74. The molecule has 19 heavy (non-hydrogen) atoms. The number of hydrogen-bond acceptors (Lipinski definition) is 5. The Labute approximate surface area is 115 Å². The molecular weight excluding hydrogens is 270 g/mol. The van der Waals surface area contributed by atoms with Crippen molar-refractivity contribution in [3.8, 4) is 0 Å². The maximum atomic E-state index is 11.9. The Morgan fingerprint density at radius 1 is 1.32 bits per heavy atom. The van der Waals surface area contributed by atoms with E-state index < -0.39 is 23.9 Å². The van der Waals surface area contributed by atoms with Crippen molar-refractivity contribution >= 4 is 30.5 Å². The first-order valence-corrected chi connectivity index (χ1v) is 5.96. The molecule has 102 valence electrons. The zero-order chi connectivity index (χ0) is 14.4. The molecule has 0 aliphatic rings. The van der Waals surface area contributed by atoms with E-state index in [0.29, 0.717) is 0 Å². The van der Waals surface area contributed by atoms with Gasteiger partial charge in [0.05, 0.1) is 18.2 Å². The van der Waals surface area contributed by atoms with Crippen molar-refractivity contribution < 1.29 is 24.2 Å². The molecule has 0 saturated heterocycles. The number of amides is 1. The Hall–Kier alpha value is -2.02. The first-order valence-electron chi connectivity index (χ1n) is 5.33. The van der Waals surface area contributed by atoms with Crippen LogP contribution < -0.4 is 5.32 Å². The lowest BCUT2D eigenvalue weighted by atomic mass is 10.1. The van der Waals surface area contributed by atoms with Crippen LogP contribution in [0.3, 0.4) is 0 Å². The van der Waals surface area contributed by atoms with Crippen LogP contribution >= 0.6 is 12.6 Å². The van der Waals surface area contributed by atoms with E-state index in [0.717, 1.165) is 0 Å². The van der Waals surface area contributed by atoms with Gasteiger partial charge in [0.15, 0.2) is 0 Å². The third-order valence-electron chi connectivity index (χ3n) is 2.38. The van der Waals surface area contributed by atoms with Crippen LogP contribution in [0, 0.1) is 0 Å². The lowest BCUT2D eigenvalue weighted by molar-refractivity contribution is -0.142. The fourth-order valence-corrected chi connectivity index (χ4v) is 1.67. The van der Waals surface area contributed by atoms with Crippen LogP contribution in [0.2, 0.25) is 0 Å². The molecular formula is C12H13NO5S. The minimum atomic E-state index is -1.22. The fraction of sp³-hybridized carbons (Fsp3) is 0.250. The minimum absolute atomic E-state index is 0.0225. The Morgan fingerprint density at radius 2 is 1.89 bits per heavy atom. The van der Waals surface area contributed by atoms with E-state index in [1.807, 2.05) is 0 Å². The van der Waals surface area contributed by atoms with E-state index in [-0.39, 0.29) is 16.9 Å². The van der Waals surface area contributed by atoms with Crippen molar-refractivity contribution in [1.29, 1.82) is 0 Å². The number of thiol groups is 1. The largest absolute Gasteiger partial charge is 0.478 e. The SMILES string of the molecule is COC(=O)[C@H](CS)NC(=O)c1ccccc1C(=O)O. The highest BCUT2D eigenvalue weighted by atomic mass is 32.1. The smallest absolute Gasteiger partial charge is 0.336 e. The number of rotatable bonds is 5. The summed E-state index contributed by atoms with van der Waals surface area (Å²) in [4.78, 5) is 34.3. The molecule has 0 spiro atoms. The molecule has 1 amide bonds. The molecule has 0 aromatic heterocycles. The van der Waals surface area contributed by atoms with Crippen molar-refractivity contribution in [3.63, 3.8) is 0 Å². The number of hydrogen-bond donors (Lipinski definition) is 3. The van der Waals surface area contributed by atoms with Crippen LogP contribution in [0.25, 0.3) is 0 Å². The fourth-order valence-electron chi connectivity index (χ4n) is 1.42. The van der Waals surface area contributed by atoms with Crippen LogP contribution in [0.4, 0.5) is 0 Å². The van der Waals surface area contributed by atoms with Gasteiger partial charge in [-0.05, 0) is 12.1 Å². The normalized spacial score (nSPS) is 11.5. The molecule has 0 unspecified atom stereocenters. The van der Waals surface area contributed by atoms with Gasteiger partial charge in [0, 0.05) is 5.75 Å². The van der Waals surface area contributed by atoms with E-state index >= 15 is 0 Å². The van der Waals surface area contributed by atoms with Gasteiger partial charge in [-0.1, -0.05) is 12.1 Å². The van der Waals surface area contributed by atoms with E-state index in [9.17, 15) is 14.4 Å². The van der Waals surface area contributed by atoms with Gasteiger partial charge >= 0.3 is 11.9 Å². The summed E-state index contributed by atoms with van der Waals surface area (Å²) in [6.45, 7) is 0. The number of ether oxygens (including phenoxy) is 1. The molecule has 1 aromatic carbocycles. The third kappa shape index (κ3) is 3.72. The summed E-state index contributed by atoms with van der Waals surface area (Å²) >= 11 is 3.93. The zero-order valence-corrected chi connectivity index (χ0v) is 11.0. The number of carboxylic acids is 1. The lowest BCUT2D eigenvalue weighted by Crippen LogP contribution is -2.43. The summed E-state index contributed by atoms with van der Waals surface area (Å²) in [6, 6.07) is 4.80. The Bertz CT molecular complexity index is 503. The van der Waals surface area contributed by atoms with Crippen LogP contribution in [-0.2, 0) is 9.53 Å². The second kappa shape index (κ2) is 6.79. The first kappa shape index (κ1) is 15.0. The standard InChI is InChI=1S/C12H13NO5S/c1-18-12(17)9(6-19)13-10(14)7-4-2-3-5-8(7)11(15)16/h2-5,9,19H,6H2,1H3,(H,13,14)(H,15,16)/t9-/m0/s1. The van der Waals surface area contributed by atoms with Gasteiger partial charge in [-0.2, -0.15) is 12.6 Å². The second-order valence-electron chi connectivity index (χ2n) is 3.58. The number of carboxylic acid groups (broad SMARTS) is 1. The summed E-state index contributed by atoms with van der Waals surface area (Å²) in [5.41, 5.74) is -0.159. The van der Waals surface area contributed by atoms with E-state index in [4.69, 9.17) is 5.11 Å². The zero-order valence-electron chi connectivity index (χ0n) is 10.1. The number of benzene rings is 1. The second-order valence-corrected chi connectivity index (χ2v) is 3.95. The first-order chi connectivity index (χ1) is 9.01. The highest BCUT2D eigenvalue weighted by Crippen LogP contribution is 2.09. The Kier molecular flexibility index (Phi) is 5.37. The molecule has 0 saturated carbocycles. The Morgan fingerprint density at radius 3 is 2.37 bits per heavy atom. The average Bonchev–Trinajstić information content (AvgIpc) is 2.43. The average molecular weight is 283 g/mol. The summed E-state index contributed by atoms with van der Waals surface area (Å²) in [6.07, 6.45) is 0. The molecule has 0 radical (unpaired) electrons. The molecule has 0 aliphatic carbocycles. The van der Waals surface area contributed by atoms with Gasteiger partial charge in [-0.15, -0.1) is 0 Å². The predicted molar refractivity (Wildman–Crippen MR) is 70.5 cm³/mol. The van der Waals surface area contributed by atoms with Gasteiger partial charge in [0.2, 0.25) is 0 Å².